The van der Waals surface area contributed by atoms with Crippen LogP contribution in [0.25, 0.3) is 0 Å². The lowest BCUT2D eigenvalue weighted by atomic mass is 10.0. The summed E-state index contributed by atoms with van der Waals surface area (Å²) in [6.07, 6.45) is 1.66. The van der Waals surface area contributed by atoms with E-state index in [1.807, 2.05) is 32.0 Å². The highest BCUT2D eigenvalue weighted by Crippen LogP contribution is 2.30. The lowest BCUT2D eigenvalue weighted by Gasteiger charge is -2.11. The molecule has 1 unspecified atom stereocenters. The maximum Gasteiger partial charge on any atom is 0.228 e. The van der Waals surface area contributed by atoms with Gasteiger partial charge in [0.1, 0.15) is 0 Å². The van der Waals surface area contributed by atoms with Crippen molar-refractivity contribution in [2.75, 3.05) is 5.32 Å². The zero-order valence-corrected chi connectivity index (χ0v) is 13.8. The van der Waals surface area contributed by atoms with Gasteiger partial charge in [-0.2, -0.15) is 0 Å². The van der Waals surface area contributed by atoms with Crippen molar-refractivity contribution in [1.29, 1.82) is 0 Å². The molecule has 0 heterocycles. The minimum atomic E-state index is 0.0371. The molecule has 108 valence electrons. The summed E-state index contributed by atoms with van der Waals surface area (Å²) in [6, 6.07) is 12.4. The van der Waals surface area contributed by atoms with Crippen LogP contribution < -0.4 is 5.32 Å². The number of aryl methyl sites for hydroxylation is 2. The van der Waals surface area contributed by atoms with Gasteiger partial charge in [-0.3, -0.25) is 4.79 Å². The highest BCUT2D eigenvalue weighted by Gasteiger charge is 2.27. The molecule has 0 aromatic heterocycles. The molecule has 0 fully saturated rings. The van der Waals surface area contributed by atoms with E-state index in [9.17, 15) is 4.79 Å². The summed E-state index contributed by atoms with van der Waals surface area (Å²) < 4.78 is 1.08. The number of carbonyl (C=O) groups excluding carboxylic acids is 1. The summed E-state index contributed by atoms with van der Waals surface area (Å²) in [4.78, 5) is 12.5. The van der Waals surface area contributed by atoms with Gasteiger partial charge in [-0.15, -0.1) is 0 Å². The minimum absolute atomic E-state index is 0.0371. The Balaban J connectivity index is 1.73. The Morgan fingerprint density at radius 3 is 2.43 bits per heavy atom. The van der Waals surface area contributed by atoms with Crippen LogP contribution in [0.4, 0.5) is 5.69 Å². The standard InChI is InChI=1S/C18H18BrNO/c1-11-5-12(2)7-17(6-11)20-18(21)15-8-13-3-4-16(19)10-14(13)9-15/h3-7,10,15H,8-9H2,1-2H3,(H,20,21). The highest BCUT2D eigenvalue weighted by molar-refractivity contribution is 9.10. The smallest absolute Gasteiger partial charge is 0.228 e. The van der Waals surface area contributed by atoms with Crippen molar-refractivity contribution >= 4 is 27.5 Å². The first kappa shape index (κ1) is 14.3. The van der Waals surface area contributed by atoms with E-state index in [1.54, 1.807) is 0 Å². The number of carbonyl (C=O) groups is 1. The third kappa shape index (κ3) is 3.18. The third-order valence-electron chi connectivity index (χ3n) is 3.96. The average molecular weight is 344 g/mol. The summed E-state index contributed by atoms with van der Waals surface area (Å²) in [5.74, 6) is 0.155. The van der Waals surface area contributed by atoms with Crippen molar-refractivity contribution in [3.63, 3.8) is 0 Å². The van der Waals surface area contributed by atoms with E-state index >= 15 is 0 Å². The van der Waals surface area contributed by atoms with Gasteiger partial charge in [0.15, 0.2) is 0 Å². The number of benzene rings is 2. The molecule has 3 rings (SSSR count). The van der Waals surface area contributed by atoms with Crippen molar-refractivity contribution in [3.8, 4) is 0 Å². The van der Waals surface area contributed by atoms with Crippen LogP contribution in [0.15, 0.2) is 40.9 Å². The number of anilines is 1. The van der Waals surface area contributed by atoms with Gasteiger partial charge >= 0.3 is 0 Å². The molecule has 0 radical (unpaired) electrons. The average Bonchev–Trinajstić information content (AvgIpc) is 2.80. The van der Waals surface area contributed by atoms with Crippen molar-refractivity contribution < 1.29 is 4.79 Å². The van der Waals surface area contributed by atoms with Crippen LogP contribution >= 0.6 is 15.9 Å². The fourth-order valence-corrected chi connectivity index (χ4v) is 3.47. The molecule has 1 amide bonds. The van der Waals surface area contributed by atoms with Gasteiger partial charge in [-0.05, 0) is 73.2 Å². The van der Waals surface area contributed by atoms with E-state index < -0.39 is 0 Å². The summed E-state index contributed by atoms with van der Waals surface area (Å²) in [6.45, 7) is 4.09. The summed E-state index contributed by atoms with van der Waals surface area (Å²) in [5, 5.41) is 3.06. The predicted molar refractivity (Wildman–Crippen MR) is 89.6 cm³/mol. The number of nitrogens with one attached hydrogen (secondary N) is 1. The SMILES string of the molecule is Cc1cc(C)cc(NC(=O)C2Cc3ccc(Br)cc3C2)c1. The third-order valence-corrected chi connectivity index (χ3v) is 4.45. The van der Waals surface area contributed by atoms with E-state index in [0.717, 1.165) is 23.0 Å². The Labute approximate surface area is 133 Å². The van der Waals surface area contributed by atoms with Crippen LogP contribution in [0.3, 0.4) is 0 Å². The monoisotopic (exact) mass is 343 g/mol. The lowest BCUT2D eigenvalue weighted by Crippen LogP contribution is -2.23. The second-order valence-corrected chi connectivity index (χ2v) is 6.80. The van der Waals surface area contributed by atoms with Crippen molar-refractivity contribution in [2.45, 2.75) is 26.7 Å². The molecule has 0 saturated carbocycles. The van der Waals surface area contributed by atoms with Crippen LogP contribution in [-0.4, -0.2) is 5.91 Å². The number of fused-ring (bicyclic) bond motifs is 1. The first-order valence-corrected chi connectivity index (χ1v) is 7.97. The second kappa shape index (κ2) is 5.64. The summed E-state index contributed by atoms with van der Waals surface area (Å²) >= 11 is 3.49. The summed E-state index contributed by atoms with van der Waals surface area (Å²) in [7, 11) is 0. The quantitative estimate of drug-likeness (QED) is 0.859. The first-order chi connectivity index (χ1) is 10.0. The number of hydrogen-bond donors (Lipinski definition) is 1. The van der Waals surface area contributed by atoms with Crippen molar-refractivity contribution in [1.82, 2.24) is 0 Å². The van der Waals surface area contributed by atoms with E-state index in [4.69, 9.17) is 0 Å². The second-order valence-electron chi connectivity index (χ2n) is 5.88. The molecule has 0 bridgehead atoms. The first-order valence-electron chi connectivity index (χ1n) is 7.18. The number of halogens is 1. The minimum Gasteiger partial charge on any atom is -0.326 e. The largest absolute Gasteiger partial charge is 0.326 e. The maximum absolute atomic E-state index is 12.5. The fourth-order valence-electron chi connectivity index (χ4n) is 3.06. The lowest BCUT2D eigenvalue weighted by molar-refractivity contribution is -0.119. The molecule has 1 aliphatic carbocycles. The van der Waals surface area contributed by atoms with Gasteiger partial charge in [0.05, 0.1) is 0 Å². The number of amides is 1. The van der Waals surface area contributed by atoms with Gasteiger partial charge in [-0.1, -0.05) is 28.1 Å². The van der Waals surface area contributed by atoms with E-state index in [-0.39, 0.29) is 11.8 Å². The normalized spacial score (nSPS) is 16.6. The Morgan fingerprint density at radius 2 is 1.71 bits per heavy atom. The Kier molecular flexibility index (Phi) is 3.85. The highest BCUT2D eigenvalue weighted by atomic mass is 79.9. The van der Waals surface area contributed by atoms with Crippen LogP contribution in [-0.2, 0) is 17.6 Å². The van der Waals surface area contributed by atoms with Gasteiger partial charge < -0.3 is 5.32 Å². The Bertz CT molecular complexity index is 688. The van der Waals surface area contributed by atoms with Crippen LogP contribution in [0, 0.1) is 19.8 Å². The fraction of sp³-hybridized carbons (Fsp3) is 0.278. The van der Waals surface area contributed by atoms with E-state index in [1.165, 1.54) is 22.3 Å². The molecule has 0 saturated heterocycles. The van der Waals surface area contributed by atoms with Crippen LogP contribution in [0.2, 0.25) is 0 Å². The van der Waals surface area contributed by atoms with Crippen molar-refractivity contribution in [3.05, 3.63) is 63.1 Å². The molecule has 1 N–H and O–H groups in total. The number of rotatable bonds is 2. The molecule has 2 nitrogen and oxygen atoms in total. The van der Waals surface area contributed by atoms with Gasteiger partial charge in [0.25, 0.3) is 0 Å². The van der Waals surface area contributed by atoms with Gasteiger partial charge in [-0.25, -0.2) is 0 Å². The van der Waals surface area contributed by atoms with Gasteiger partial charge in [0.2, 0.25) is 5.91 Å². The molecular weight excluding hydrogens is 326 g/mol. The van der Waals surface area contributed by atoms with E-state index in [2.05, 4.69) is 39.4 Å². The van der Waals surface area contributed by atoms with Gasteiger partial charge in [0, 0.05) is 16.1 Å². The maximum atomic E-state index is 12.5. The molecule has 1 atom stereocenters. The molecule has 0 aliphatic heterocycles. The topological polar surface area (TPSA) is 29.1 Å². The van der Waals surface area contributed by atoms with Crippen LogP contribution in [0.5, 0.6) is 0 Å². The Morgan fingerprint density at radius 1 is 1.05 bits per heavy atom. The summed E-state index contributed by atoms with van der Waals surface area (Å²) in [5.41, 5.74) is 5.81. The predicted octanol–water partition coefficient (Wildman–Crippen LogP) is 4.42. The molecular formula is C18H18BrNO. The molecule has 2 aromatic carbocycles. The van der Waals surface area contributed by atoms with E-state index in [0.29, 0.717) is 0 Å². The zero-order valence-electron chi connectivity index (χ0n) is 12.2. The Hall–Kier alpha value is -1.61. The molecule has 0 spiro atoms. The van der Waals surface area contributed by atoms with Crippen molar-refractivity contribution in [2.24, 2.45) is 5.92 Å². The molecule has 2 aromatic rings. The van der Waals surface area contributed by atoms with Crippen LogP contribution in [0.1, 0.15) is 22.3 Å². The zero-order chi connectivity index (χ0) is 15.0. The number of hydrogen-bond acceptors (Lipinski definition) is 1. The molecule has 1 aliphatic rings. The molecule has 3 heteroatoms. The molecule has 21 heavy (non-hydrogen) atoms.